The molecule has 10 nitrogen and oxygen atoms in total. The second kappa shape index (κ2) is 5.49. The summed E-state index contributed by atoms with van der Waals surface area (Å²) in [6, 6.07) is 0.0249. The number of nitrogens with one attached hydrogen (secondary N) is 1. The van der Waals surface area contributed by atoms with Gasteiger partial charge in [-0.3, -0.25) is 4.57 Å². The third kappa shape index (κ3) is 3.86. The second-order valence-corrected chi connectivity index (χ2v) is 5.13. The molecule has 0 bridgehead atoms. The zero-order valence-corrected chi connectivity index (χ0v) is 10.6. The summed E-state index contributed by atoms with van der Waals surface area (Å²) >= 11 is 0. The van der Waals surface area contributed by atoms with Crippen molar-refractivity contribution in [2.75, 3.05) is 25.3 Å². The van der Waals surface area contributed by atoms with E-state index in [-0.39, 0.29) is 25.0 Å². The molecule has 0 saturated carbocycles. The number of anilines is 1. The van der Waals surface area contributed by atoms with E-state index in [0.29, 0.717) is 11.2 Å². The van der Waals surface area contributed by atoms with Gasteiger partial charge in [0.25, 0.3) is 0 Å². The number of H-pyrrole nitrogens is 1. The lowest BCUT2D eigenvalue weighted by Crippen LogP contribution is -2.10. The van der Waals surface area contributed by atoms with Gasteiger partial charge in [0.1, 0.15) is 18.5 Å². The van der Waals surface area contributed by atoms with Crippen molar-refractivity contribution in [1.82, 2.24) is 19.9 Å². The average molecular weight is 289 g/mol. The third-order valence-corrected chi connectivity index (χ3v) is 2.53. The number of nitrogens with two attached hydrogens (primary N) is 1. The van der Waals surface area contributed by atoms with Gasteiger partial charge >= 0.3 is 13.6 Å². The molecule has 0 aliphatic heterocycles. The zero-order chi connectivity index (χ0) is 13.9. The molecule has 0 spiro atoms. The van der Waals surface area contributed by atoms with Gasteiger partial charge in [0.2, 0.25) is 0 Å². The molecule has 19 heavy (non-hydrogen) atoms. The molecule has 0 aliphatic carbocycles. The molecule has 0 fully saturated rings. The fourth-order valence-corrected chi connectivity index (χ4v) is 1.64. The molecule has 2 heterocycles. The molecule has 2 rings (SSSR count). The molecule has 0 aromatic carbocycles. The van der Waals surface area contributed by atoms with E-state index in [9.17, 15) is 4.57 Å². The lowest BCUT2D eigenvalue weighted by molar-refractivity contribution is 0.116. The van der Waals surface area contributed by atoms with Crippen LogP contribution in [0.2, 0.25) is 0 Å². The van der Waals surface area contributed by atoms with Crippen molar-refractivity contribution < 1.29 is 23.8 Å². The van der Waals surface area contributed by atoms with E-state index in [1.54, 1.807) is 0 Å². The number of aromatic nitrogens is 4. The molecular formula is C8H12N5O5P. The van der Waals surface area contributed by atoms with Crippen LogP contribution in [-0.4, -0.2) is 49.3 Å². The maximum atomic E-state index is 10.5. The van der Waals surface area contributed by atoms with Crippen LogP contribution in [0.25, 0.3) is 11.2 Å². The Morgan fingerprint density at radius 3 is 2.89 bits per heavy atom. The van der Waals surface area contributed by atoms with Crippen LogP contribution < -0.4 is 10.5 Å². The summed E-state index contributed by atoms with van der Waals surface area (Å²) in [6.45, 7) is 0.0301. The topological polar surface area (TPSA) is 156 Å². The van der Waals surface area contributed by atoms with Crippen LogP contribution in [0, 0.1) is 0 Å². The molecule has 5 N–H and O–H groups in total. The lowest BCUT2D eigenvalue weighted by atomic mass is 10.5. The first kappa shape index (κ1) is 13.7. The standard InChI is InChI=1S/C8H12N5O5P/c9-6-5-7(11-3-10-5)13-8(12-6)18-2-1-17-4-19(14,15)16/h3H,1-2,4H2,(H2,14,15,16)(H3,9,10,11,12,13). The Hall–Kier alpha value is -1.74. The number of hydrogen-bond acceptors (Lipinski definition) is 7. The summed E-state index contributed by atoms with van der Waals surface area (Å²) in [5, 5.41) is 0. The number of nitrogens with zero attached hydrogens (tertiary/aromatic N) is 3. The Morgan fingerprint density at radius 1 is 1.37 bits per heavy atom. The molecule has 2 aromatic rings. The van der Waals surface area contributed by atoms with Gasteiger partial charge < -0.3 is 30.0 Å². The third-order valence-electron chi connectivity index (χ3n) is 2.01. The van der Waals surface area contributed by atoms with Crippen LogP contribution in [0.3, 0.4) is 0 Å². The van der Waals surface area contributed by atoms with Crippen molar-refractivity contribution in [1.29, 1.82) is 0 Å². The van der Waals surface area contributed by atoms with Crippen LogP contribution >= 0.6 is 7.60 Å². The van der Waals surface area contributed by atoms with Crippen molar-refractivity contribution in [3.05, 3.63) is 6.33 Å². The summed E-state index contributed by atoms with van der Waals surface area (Å²) in [4.78, 5) is 31.7. The van der Waals surface area contributed by atoms with Crippen LogP contribution in [0.1, 0.15) is 0 Å². The predicted octanol–water partition coefficient (Wildman–Crippen LogP) is -0.534. The van der Waals surface area contributed by atoms with E-state index in [0.717, 1.165) is 0 Å². The van der Waals surface area contributed by atoms with Gasteiger partial charge in [-0.2, -0.15) is 9.97 Å². The number of aromatic amines is 1. The molecule has 0 unspecified atom stereocenters. The van der Waals surface area contributed by atoms with Crippen LogP contribution in [-0.2, 0) is 9.30 Å². The van der Waals surface area contributed by atoms with Gasteiger partial charge in [0.05, 0.1) is 12.9 Å². The largest absolute Gasteiger partial charge is 0.461 e. The molecule has 0 atom stereocenters. The van der Waals surface area contributed by atoms with Crippen molar-refractivity contribution in [2.24, 2.45) is 0 Å². The Morgan fingerprint density at radius 2 is 2.16 bits per heavy atom. The van der Waals surface area contributed by atoms with Crippen molar-refractivity contribution in [3.63, 3.8) is 0 Å². The maximum Gasteiger partial charge on any atom is 0.350 e. The molecule has 0 radical (unpaired) electrons. The Bertz CT molecular complexity index is 611. The molecule has 0 amide bonds. The highest BCUT2D eigenvalue weighted by atomic mass is 31.2. The molecule has 0 saturated heterocycles. The number of ether oxygens (including phenoxy) is 2. The fourth-order valence-electron chi connectivity index (χ4n) is 1.27. The van der Waals surface area contributed by atoms with E-state index < -0.39 is 13.9 Å². The highest BCUT2D eigenvalue weighted by Gasteiger charge is 2.12. The first-order valence-corrected chi connectivity index (χ1v) is 6.97. The van der Waals surface area contributed by atoms with E-state index in [1.807, 2.05) is 0 Å². The molecule has 11 heteroatoms. The van der Waals surface area contributed by atoms with Crippen LogP contribution in [0.5, 0.6) is 6.01 Å². The summed E-state index contributed by atoms with van der Waals surface area (Å²) in [7, 11) is -4.15. The monoisotopic (exact) mass is 289 g/mol. The number of rotatable bonds is 6. The van der Waals surface area contributed by atoms with Gasteiger partial charge in [0, 0.05) is 0 Å². The highest BCUT2D eigenvalue weighted by Crippen LogP contribution is 2.33. The molecule has 104 valence electrons. The molecular weight excluding hydrogens is 277 g/mol. The highest BCUT2D eigenvalue weighted by molar-refractivity contribution is 7.51. The Kier molecular flexibility index (Phi) is 3.96. The minimum absolute atomic E-state index is 0.00697. The van der Waals surface area contributed by atoms with E-state index >= 15 is 0 Å². The quantitative estimate of drug-likeness (QED) is 0.405. The Labute approximate surface area is 107 Å². The number of nitrogen functional groups attached to an aromatic ring is 1. The van der Waals surface area contributed by atoms with Crippen LogP contribution in [0.15, 0.2) is 6.33 Å². The average Bonchev–Trinajstić information content (AvgIpc) is 2.75. The number of fused-ring (bicyclic) bond motifs is 1. The first-order valence-electron chi connectivity index (χ1n) is 5.17. The maximum absolute atomic E-state index is 10.5. The zero-order valence-electron chi connectivity index (χ0n) is 9.68. The smallest absolute Gasteiger partial charge is 0.350 e. The SMILES string of the molecule is Nc1nc(OCCOCP(=O)(O)O)nc2nc[nH]c12. The van der Waals surface area contributed by atoms with E-state index in [4.69, 9.17) is 25.0 Å². The van der Waals surface area contributed by atoms with E-state index in [1.165, 1.54) is 6.33 Å². The normalized spacial score (nSPS) is 11.9. The summed E-state index contributed by atoms with van der Waals surface area (Å²) in [6.07, 6.45) is 0.778. The predicted molar refractivity (Wildman–Crippen MR) is 64.5 cm³/mol. The van der Waals surface area contributed by atoms with Crippen LogP contribution in [0.4, 0.5) is 5.82 Å². The van der Waals surface area contributed by atoms with Gasteiger partial charge in [0.15, 0.2) is 11.5 Å². The summed E-state index contributed by atoms with van der Waals surface area (Å²) < 4.78 is 20.4. The number of hydrogen-bond donors (Lipinski definition) is 4. The van der Waals surface area contributed by atoms with Gasteiger partial charge in [-0.25, -0.2) is 4.98 Å². The summed E-state index contributed by atoms with van der Waals surface area (Å²) in [5.74, 6) is 0.202. The lowest BCUT2D eigenvalue weighted by Gasteiger charge is -2.07. The van der Waals surface area contributed by atoms with Crippen molar-refractivity contribution >= 4 is 24.6 Å². The summed E-state index contributed by atoms with van der Waals surface area (Å²) in [5.41, 5.74) is 6.54. The number of imidazole rings is 1. The first-order chi connectivity index (χ1) is 8.96. The van der Waals surface area contributed by atoms with Crippen molar-refractivity contribution in [3.8, 4) is 6.01 Å². The molecule has 0 aliphatic rings. The molecule has 2 aromatic heterocycles. The second-order valence-electron chi connectivity index (χ2n) is 3.54. The van der Waals surface area contributed by atoms with E-state index in [2.05, 4.69) is 19.9 Å². The fraction of sp³-hybridized carbons (Fsp3) is 0.375. The minimum Gasteiger partial charge on any atom is -0.461 e. The van der Waals surface area contributed by atoms with Gasteiger partial charge in [-0.15, -0.1) is 0 Å². The Balaban J connectivity index is 1.86. The van der Waals surface area contributed by atoms with Gasteiger partial charge in [-0.1, -0.05) is 0 Å². The van der Waals surface area contributed by atoms with Crippen molar-refractivity contribution in [2.45, 2.75) is 0 Å². The minimum atomic E-state index is -4.15. The van der Waals surface area contributed by atoms with Gasteiger partial charge in [-0.05, 0) is 0 Å².